The fourth-order valence-corrected chi connectivity index (χ4v) is 1.09. The van der Waals surface area contributed by atoms with Gasteiger partial charge in [0.1, 0.15) is 0 Å². The number of hydrogen-bond acceptors (Lipinski definition) is 4. The summed E-state index contributed by atoms with van der Waals surface area (Å²) in [5.41, 5.74) is 1.12. The average molecular weight is 219 g/mol. The fraction of sp³-hybridized carbons (Fsp3) is 0.429. The van der Waals surface area contributed by atoms with E-state index >= 15 is 0 Å². The largest absolute Gasteiger partial charge is 0.374 e. The highest BCUT2D eigenvalue weighted by Gasteiger charge is 2.16. The topological polar surface area (TPSA) is 63.2 Å². The van der Waals surface area contributed by atoms with Crippen LogP contribution in [0.5, 0.6) is 0 Å². The van der Waals surface area contributed by atoms with Gasteiger partial charge in [-0.2, -0.15) is 12.7 Å². The highest BCUT2D eigenvalue weighted by atomic mass is 32.3. The number of nitrogens with zero attached hydrogens (tertiary/aromatic N) is 3. The molecule has 0 saturated heterocycles. The van der Waals surface area contributed by atoms with Crippen molar-refractivity contribution in [3.63, 3.8) is 0 Å². The summed E-state index contributed by atoms with van der Waals surface area (Å²) in [5.74, 6) is 0. The minimum Gasteiger partial charge on any atom is -0.258 e. The molecule has 0 aliphatic heterocycles. The summed E-state index contributed by atoms with van der Waals surface area (Å²) in [5, 5.41) is 0. The van der Waals surface area contributed by atoms with Crippen LogP contribution in [0.4, 0.5) is 3.89 Å². The van der Waals surface area contributed by atoms with Crippen LogP contribution < -0.4 is 0 Å². The monoisotopic (exact) mass is 219 g/mol. The van der Waals surface area contributed by atoms with Crippen molar-refractivity contribution < 1.29 is 12.3 Å². The number of halogens is 1. The van der Waals surface area contributed by atoms with Crippen LogP contribution in [-0.4, -0.2) is 29.7 Å². The van der Waals surface area contributed by atoms with E-state index in [0.717, 1.165) is 12.7 Å². The molecule has 0 bridgehead atoms. The van der Waals surface area contributed by atoms with Gasteiger partial charge in [0, 0.05) is 13.2 Å². The van der Waals surface area contributed by atoms with Crippen LogP contribution in [0, 0.1) is 6.92 Å². The molecule has 5 nitrogen and oxygen atoms in total. The Labute approximate surface area is 81.9 Å². The summed E-state index contributed by atoms with van der Waals surface area (Å²) < 4.78 is 33.8. The minimum atomic E-state index is -4.65. The van der Waals surface area contributed by atoms with Gasteiger partial charge >= 0.3 is 10.4 Å². The first kappa shape index (κ1) is 11.0. The molecule has 0 atom stereocenters. The Morgan fingerprint density at radius 1 is 1.43 bits per heavy atom. The lowest BCUT2D eigenvalue weighted by Gasteiger charge is -2.09. The fourth-order valence-electron chi connectivity index (χ4n) is 0.806. The van der Waals surface area contributed by atoms with Crippen molar-refractivity contribution in [1.82, 2.24) is 14.3 Å². The van der Waals surface area contributed by atoms with Gasteiger partial charge in [-0.15, -0.1) is 0 Å². The lowest BCUT2D eigenvalue weighted by Crippen LogP contribution is -2.22. The van der Waals surface area contributed by atoms with E-state index in [2.05, 4.69) is 9.97 Å². The lowest BCUT2D eigenvalue weighted by molar-refractivity contribution is 0.425. The van der Waals surface area contributed by atoms with E-state index in [0.29, 0.717) is 10.00 Å². The zero-order chi connectivity index (χ0) is 10.8. The molecular weight excluding hydrogens is 209 g/mol. The van der Waals surface area contributed by atoms with E-state index in [-0.39, 0.29) is 6.54 Å². The van der Waals surface area contributed by atoms with Gasteiger partial charge in [-0.25, -0.2) is 0 Å². The Kier molecular flexibility index (Phi) is 3.12. The number of rotatable bonds is 3. The van der Waals surface area contributed by atoms with Crippen LogP contribution in [0.1, 0.15) is 11.4 Å². The maximum absolute atomic E-state index is 12.4. The summed E-state index contributed by atoms with van der Waals surface area (Å²) in [6.45, 7) is 1.64. The standard InChI is InChI=1S/C7H10FN3O2S/c1-6-3-10-7(4-9-6)5-11(2)14(8,12)13/h3-4H,5H2,1-2H3. The highest BCUT2D eigenvalue weighted by Crippen LogP contribution is 2.04. The molecule has 7 heteroatoms. The van der Waals surface area contributed by atoms with Gasteiger partial charge in [0.2, 0.25) is 0 Å². The zero-order valence-electron chi connectivity index (χ0n) is 7.81. The van der Waals surface area contributed by atoms with Crippen molar-refractivity contribution in [3.8, 4) is 0 Å². The van der Waals surface area contributed by atoms with Crippen molar-refractivity contribution >= 4 is 10.4 Å². The molecule has 1 rings (SSSR count). The Bertz CT molecular complexity index is 403. The van der Waals surface area contributed by atoms with Crippen molar-refractivity contribution in [2.24, 2.45) is 0 Å². The van der Waals surface area contributed by atoms with E-state index < -0.39 is 10.4 Å². The summed E-state index contributed by atoms with van der Waals surface area (Å²) in [4.78, 5) is 7.80. The molecule has 0 spiro atoms. The van der Waals surface area contributed by atoms with Gasteiger partial charge in [0.15, 0.2) is 0 Å². The molecule has 0 aliphatic carbocycles. The van der Waals surface area contributed by atoms with Gasteiger partial charge in [-0.05, 0) is 6.92 Å². The van der Waals surface area contributed by atoms with Gasteiger partial charge in [-0.3, -0.25) is 9.97 Å². The van der Waals surface area contributed by atoms with Crippen LogP contribution in [0.15, 0.2) is 12.4 Å². The smallest absolute Gasteiger partial charge is 0.258 e. The molecule has 0 N–H and O–H groups in total. The molecule has 0 unspecified atom stereocenters. The quantitative estimate of drug-likeness (QED) is 0.692. The second kappa shape index (κ2) is 3.97. The number of hydrogen-bond donors (Lipinski definition) is 0. The van der Waals surface area contributed by atoms with Crippen LogP contribution in [0.25, 0.3) is 0 Å². The van der Waals surface area contributed by atoms with Crippen molar-refractivity contribution in [2.45, 2.75) is 13.5 Å². The third-order valence-electron chi connectivity index (χ3n) is 1.59. The molecule has 1 heterocycles. The highest BCUT2D eigenvalue weighted by molar-refractivity contribution is 7.83. The summed E-state index contributed by atoms with van der Waals surface area (Å²) >= 11 is 0. The first-order valence-electron chi connectivity index (χ1n) is 3.83. The lowest BCUT2D eigenvalue weighted by atomic mass is 10.4. The summed E-state index contributed by atoms with van der Waals surface area (Å²) in [6.07, 6.45) is 2.91. The Morgan fingerprint density at radius 2 is 2.07 bits per heavy atom. The van der Waals surface area contributed by atoms with Crippen LogP contribution >= 0.6 is 0 Å². The average Bonchev–Trinajstić information content (AvgIpc) is 2.07. The first-order valence-corrected chi connectivity index (χ1v) is 5.17. The van der Waals surface area contributed by atoms with Crippen molar-refractivity contribution in [3.05, 3.63) is 23.8 Å². The van der Waals surface area contributed by atoms with Gasteiger partial charge in [-0.1, -0.05) is 3.89 Å². The predicted octanol–water partition coefficient (Wildman–Crippen LogP) is 0.431. The molecule has 0 amide bonds. The molecular formula is C7H10FN3O2S. The molecule has 1 aromatic heterocycles. The normalized spacial score (nSPS) is 12.0. The van der Waals surface area contributed by atoms with Crippen LogP contribution in [0.3, 0.4) is 0 Å². The molecule has 1 aromatic rings. The van der Waals surface area contributed by atoms with E-state index in [1.807, 2.05) is 0 Å². The van der Waals surface area contributed by atoms with Gasteiger partial charge in [0.05, 0.1) is 24.1 Å². The number of aromatic nitrogens is 2. The molecule has 0 fully saturated rings. The molecule has 14 heavy (non-hydrogen) atoms. The summed E-state index contributed by atoms with van der Waals surface area (Å²) in [7, 11) is -3.51. The third-order valence-corrected chi connectivity index (χ3v) is 2.47. The molecule has 0 saturated carbocycles. The molecule has 0 aromatic carbocycles. The van der Waals surface area contributed by atoms with E-state index in [1.54, 1.807) is 6.92 Å². The SMILES string of the molecule is Cc1cnc(CN(C)S(=O)(=O)F)cn1. The van der Waals surface area contributed by atoms with Crippen molar-refractivity contribution in [2.75, 3.05) is 7.05 Å². The van der Waals surface area contributed by atoms with Crippen LogP contribution in [0.2, 0.25) is 0 Å². The Balaban J connectivity index is 2.75. The van der Waals surface area contributed by atoms with Gasteiger partial charge < -0.3 is 0 Å². The van der Waals surface area contributed by atoms with Crippen LogP contribution in [-0.2, 0) is 17.0 Å². The summed E-state index contributed by atoms with van der Waals surface area (Å²) in [6, 6.07) is 0. The predicted molar refractivity (Wildman–Crippen MR) is 48.3 cm³/mol. The molecule has 0 radical (unpaired) electrons. The molecule has 78 valence electrons. The van der Waals surface area contributed by atoms with E-state index in [9.17, 15) is 12.3 Å². The van der Waals surface area contributed by atoms with E-state index in [1.165, 1.54) is 12.4 Å². The second-order valence-electron chi connectivity index (χ2n) is 2.85. The second-order valence-corrected chi connectivity index (χ2v) is 4.29. The Morgan fingerprint density at radius 3 is 2.50 bits per heavy atom. The maximum atomic E-state index is 12.4. The first-order chi connectivity index (χ1) is 6.39. The van der Waals surface area contributed by atoms with Crippen molar-refractivity contribution in [1.29, 1.82) is 0 Å². The minimum absolute atomic E-state index is 0.119. The van der Waals surface area contributed by atoms with Gasteiger partial charge in [0.25, 0.3) is 0 Å². The van der Waals surface area contributed by atoms with E-state index in [4.69, 9.17) is 0 Å². The third kappa shape index (κ3) is 3.00. The zero-order valence-corrected chi connectivity index (χ0v) is 8.62. The molecule has 0 aliphatic rings. The number of aryl methyl sites for hydroxylation is 1. The maximum Gasteiger partial charge on any atom is 0.374 e. The Hall–Kier alpha value is -1.08.